The molecule has 0 aromatic carbocycles. The quantitative estimate of drug-likeness (QED) is 0.348. The second-order valence-electron chi connectivity index (χ2n) is 4.36. The predicted molar refractivity (Wildman–Crippen MR) is 51.6 cm³/mol. The molecule has 1 fully saturated rings. The fourth-order valence-electron chi connectivity index (χ4n) is 0.870. The fourth-order valence-corrected chi connectivity index (χ4v) is 0.870. The van der Waals surface area contributed by atoms with Gasteiger partial charge in [0.2, 0.25) is 0 Å². The van der Waals surface area contributed by atoms with Crippen LogP contribution in [0.5, 0.6) is 0 Å². The van der Waals surface area contributed by atoms with Crippen molar-refractivity contribution < 1.29 is 9.63 Å². The lowest BCUT2D eigenvalue weighted by Gasteiger charge is -2.27. The lowest BCUT2D eigenvalue weighted by atomic mass is 10.2. The molecule has 4 N–H and O–H groups in total. The molecule has 0 saturated heterocycles. The van der Waals surface area contributed by atoms with Gasteiger partial charge < -0.3 is 0 Å². The highest BCUT2D eigenvalue weighted by molar-refractivity contribution is 5.73. The van der Waals surface area contributed by atoms with Gasteiger partial charge in [-0.25, -0.2) is 15.6 Å². The molecule has 1 saturated carbocycles. The molecule has 6 heteroatoms. The highest BCUT2D eigenvalue weighted by Crippen LogP contribution is 2.25. The topological polar surface area (TPSA) is 79.6 Å². The summed E-state index contributed by atoms with van der Waals surface area (Å²) >= 11 is 0. The Morgan fingerprint density at radius 1 is 1.50 bits per heavy atom. The van der Waals surface area contributed by atoms with E-state index in [1.807, 2.05) is 20.8 Å². The fraction of sp³-hybridized carbons (Fsp3) is 0.875. The van der Waals surface area contributed by atoms with Crippen LogP contribution in [0.3, 0.4) is 0 Å². The molecule has 0 aromatic rings. The monoisotopic (exact) mass is 202 g/mol. The predicted octanol–water partition coefficient (Wildman–Crippen LogP) is 0.269. The number of nitrogens with two attached hydrogens (primary N) is 1. The molecule has 0 radical (unpaired) electrons. The molecule has 6 nitrogen and oxygen atoms in total. The van der Waals surface area contributed by atoms with Gasteiger partial charge in [-0.2, -0.15) is 0 Å². The van der Waals surface area contributed by atoms with E-state index >= 15 is 0 Å². The van der Waals surface area contributed by atoms with Crippen LogP contribution in [-0.4, -0.2) is 22.7 Å². The smallest absolute Gasteiger partial charge is 0.276 e. The van der Waals surface area contributed by atoms with E-state index in [0.717, 1.165) is 12.8 Å². The van der Waals surface area contributed by atoms with Crippen molar-refractivity contribution in [2.24, 2.45) is 5.84 Å². The number of urea groups is 1. The first-order valence-corrected chi connectivity index (χ1v) is 4.67. The summed E-state index contributed by atoms with van der Waals surface area (Å²) in [5.74, 6) is 5.04. The van der Waals surface area contributed by atoms with Gasteiger partial charge in [0.25, 0.3) is 0 Å². The number of amides is 2. The molecule has 1 aliphatic carbocycles. The van der Waals surface area contributed by atoms with Crippen molar-refractivity contribution in [3.63, 3.8) is 0 Å². The van der Waals surface area contributed by atoms with Crippen molar-refractivity contribution in [3.05, 3.63) is 0 Å². The molecule has 0 unspecified atom stereocenters. The normalized spacial score (nSPS) is 16.6. The molecular formula is C8H18N4O2. The summed E-state index contributed by atoms with van der Waals surface area (Å²) in [6.45, 7) is 5.68. The molecule has 0 bridgehead atoms. The van der Waals surface area contributed by atoms with E-state index in [4.69, 9.17) is 10.7 Å². The Hall–Kier alpha value is -0.850. The average molecular weight is 202 g/mol. The van der Waals surface area contributed by atoms with E-state index in [1.165, 1.54) is 5.01 Å². The van der Waals surface area contributed by atoms with Gasteiger partial charge >= 0.3 is 6.03 Å². The molecule has 14 heavy (non-hydrogen) atoms. The Morgan fingerprint density at radius 2 is 2.07 bits per heavy atom. The third-order valence-corrected chi connectivity index (χ3v) is 1.70. The number of hydrogen-bond acceptors (Lipinski definition) is 4. The lowest BCUT2D eigenvalue weighted by molar-refractivity contribution is -0.141. The van der Waals surface area contributed by atoms with E-state index in [-0.39, 0.29) is 17.7 Å². The van der Waals surface area contributed by atoms with Gasteiger partial charge in [-0.3, -0.25) is 10.3 Å². The lowest BCUT2D eigenvalue weighted by Crippen LogP contribution is -2.53. The number of hydrazine groups is 2. The number of hydrogen-bond donors (Lipinski definition) is 3. The second kappa shape index (κ2) is 4.12. The summed E-state index contributed by atoms with van der Waals surface area (Å²) in [4.78, 5) is 16.5. The highest BCUT2D eigenvalue weighted by atomic mass is 16.7. The van der Waals surface area contributed by atoms with Gasteiger partial charge in [-0.05, 0) is 33.6 Å². The first-order chi connectivity index (χ1) is 6.44. The highest BCUT2D eigenvalue weighted by Gasteiger charge is 2.33. The van der Waals surface area contributed by atoms with Crippen LogP contribution in [0, 0.1) is 0 Å². The van der Waals surface area contributed by atoms with E-state index in [2.05, 4.69) is 11.0 Å². The van der Waals surface area contributed by atoms with Crippen LogP contribution in [-0.2, 0) is 4.84 Å². The van der Waals surface area contributed by atoms with Gasteiger partial charge in [0.05, 0.1) is 11.6 Å². The zero-order valence-electron chi connectivity index (χ0n) is 8.83. The van der Waals surface area contributed by atoms with Crippen molar-refractivity contribution in [1.29, 1.82) is 0 Å². The second-order valence-corrected chi connectivity index (χ2v) is 4.36. The third-order valence-electron chi connectivity index (χ3n) is 1.70. The zero-order valence-corrected chi connectivity index (χ0v) is 8.83. The van der Waals surface area contributed by atoms with Crippen molar-refractivity contribution >= 4 is 6.03 Å². The minimum Gasteiger partial charge on any atom is -0.276 e. The summed E-state index contributed by atoms with van der Waals surface area (Å²) in [6, 6.07) is -0.183. The molecule has 2 amide bonds. The van der Waals surface area contributed by atoms with Crippen LogP contribution >= 0.6 is 0 Å². The summed E-state index contributed by atoms with van der Waals surface area (Å²) in [6.07, 6.45) is 1.96. The molecule has 82 valence electrons. The van der Waals surface area contributed by atoms with Gasteiger partial charge in [-0.15, -0.1) is 5.59 Å². The molecule has 0 aliphatic heterocycles. The van der Waals surface area contributed by atoms with Crippen molar-refractivity contribution in [2.45, 2.75) is 45.3 Å². The first kappa shape index (κ1) is 11.2. The number of nitrogens with zero attached hydrogens (tertiary/aromatic N) is 1. The number of carbonyl (C=O) groups excluding carboxylic acids is 1. The minimum absolute atomic E-state index is 0.195. The van der Waals surface area contributed by atoms with Crippen LogP contribution in [0.1, 0.15) is 33.6 Å². The molecule has 0 spiro atoms. The number of carbonyl (C=O) groups is 1. The number of nitrogens with one attached hydrogen (secondary N) is 2. The van der Waals surface area contributed by atoms with Crippen LogP contribution in [0.25, 0.3) is 0 Å². The van der Waals surface area contributed by atoms with Gasteiger partial charge in [-0.1, -0.05) is 0 Å². The molecule has 1 aliphatic rings. The Morgan fingerprint density at radius 3 is 2.43 bits per heavy atom. The Bertz CT molecular complexity index is 210. The van der Waals surface area contributed by atoms with Crippen molar-refractivity contribution in [3.8, 4) is 0 Å². The number of rotatable bonds is 3. The van der Waals surface area contributed by atoms with E-state index in [9.17, 15) is 4.79 Å². The van der Waals surface area contributed by atoms with E-state index in [0.29, 0.717) is 0 Å². The summed E-state index contributed by atoms with van der Waals surface area (Å²) in [7, 11) is 0. The Kier molecular flexibility index (Phi) is 3.30. The maximum Gasteiger partial charge on any atom is 0.347 e. The molecule has 0 heterocycles. The van der Waals surface area contributed by atoms with Crippen molar-refractivity contribution in [2.75, 3.05) is 0 Å². The summed E-state index contributed by atoms with van der Waals surface area (Å²) < 4.78 is 0. The average Bonchev–Trinajstić information content (AvgIpc) is 2.86. The summed E-state index contributed by atoms with van der Waals surface area (Å²) in [5, 5.41) is 1.38. The van der Waals surface area contributed by atoms with Gasteiger partial charge in [0.1, 0.15) is 0 Å². The Labute approximate surface area is 83.7 Å². The zero-order chi connectivity index (χ0) is 10.8. The minimum atomic E-state index is -0.378. The van der Waals surface area contributed by atoms with Crippen LogP contribution < -0.4 is 16.9 Å². The molecule has 0 atom stereocenters. The van der Waals surface area contributed by atoms with E-state index < -0.39 is 0 Å². The molecular weight excluding hydrogens is 184 g/mol. The third kappa shape index (κ3) is 3.49. The largest absolute Gasteiger partial charge is 0.347 e. The standard InChI is InChI=1S/C8H18N4O2/c1-8(2,3)14-11-12(6-4-5-6)7(13)10-9/h6,11H,4-5,9H2,1-3H3,(H,10,13). The Balaban J connectivity index is 2.40. The maximum absolute atomic E-state index is 11.3. The van der Waals surface area contributed by atoms with Crippen LogP contribution in [0.15, 0.2) is 0 Å². The van der Waals surface area contributed by atoms with Crippen molar-refractivity contribution in [1.82, 2.24) is 16.0 Å². The van der Waals surface area contributed by atoms with Crippen LogP contribution in [0.4, 0.5) is 4.79 Å². The van der Waals surface area contributed by atoms with E-state index in [1.54, 1.807) is 0 Å². The van der Waals surface area contributed by atoms with Gasteiger partial charge in [0.15, 0.2) is 0 Å². The van der Waals surface area contributed by atoms with Gasteiger partial charge in [0, 0.05) is 0 Å². The van der Waals surface area contributed by atoms with Crippen LogP contribution in [0.2, 0.25) is 0 Å². The maximum atomic E-state index is 11.3. The molecule has 1 rings (SSSR count). The molecule has 0 aromatic heterocycles. The first-order valence-electron chi connectivity index (χ1n) is 4.67. The summed E-state index contributed by atoms with van der Waals surface area (Å²) in [5.41, 5.74) is 4.34. The SMILES string of the molecule is CC(C)(C)ONN(C(=O)NN)C1CC1.